The fraction of sp³-hybridized carbons (Fsp3) is 0. The van der Waals surface area contributed by atoms with E-state index in [2.05, 4.69) is 179 Å². The van der Waals surface area contributed by atoms with Crippen LogP contribution in [0.25, 0.3) is 95.0 Å². The maximum absolute atomic E-state index is 5.09. The topological polar surface area (TPSA) is 56.5 Å². The summed E-state index contributed by atoms with van der Waals surface area (Å²) in [6.07, 6.45) is 3.66. The number of benzene rings is 7. The molecule has 0 saturated carbocycles. The third kappa shape index (κ3) is 6.04. The Morgan fingerprint density at radius 1 is 0.345 bits per heavy atom. The monoisotopic (exact) mass is 703 g/mol. The second-order valence-corrected chi connectivity index (χ2v) is 13.5. The Morgan fingerprint density at radius 3 is 1.58 bits per heavy atom. The molecule has 0 aliphatic rings. The highest BCUT2D eigenvalue weighted by Crippen LogP contribution is 2.39. The summed E-state index contributed by atoms with van der Waals surface area (Å²) in [6, 6.07) is 65.5. The van der Waals surface area contributed by atoms with Crippen molar-refractivity contribution >= 4 is 21.8 Å². The Kier molecular flexibility index (Phi) is 8.08. The lowest BCUT2D eigenvalue weighted by Crippen LogP contribution is -2.00. The van der Waals surface area contributed by atoms with Gasteiger partial charge in [-0.1, -0.05) is 152 Å². The molecule has 0 aliphatic heterocycles. The van der Waals surface area contributed by atoms with Gasteiger partial charge in [-0.2, -0.15) is 0 Å². The molecule has 5 heteroatoms. The summed E-state index contributed by atoms with van der Waals surface area (Å²) in [5.41, 5.74) is 12.9. The SMILES string of the molecule is c1ccc(-c2ccc(-c3nc(-c4ccc(-c5cccc6c5c5ccccc5n6-c5ccccc5)cc4)nc(-c4cccc(-c5cccnc5)c4)n3)cc2)cc1. The zero-order valence-electron chi connectivity index (χ0n) is 29.8. The molecule has 0 atom stereocenters. The summed E-state index contributed by atoms with van der Waals surface area (Å²) in [5.74, 6) is 1.85. The van der Waals surface area contributed by atoms with Crippen molar-refractivity contribution in [1.82, 2.24) is 24.5 Å². The first-order valence-electron chi connectivity index (χ1n) is 18.4. The van der Waals surface area contributed by atoms with Crippen LogP contribution in [0.2, 0.25) is 0 Å². The van der Waals surface area contributed by atoms with E-state index in [1.165, 1.54) is 32.9 Å². The van der Waals surface area contributed by atoms with Gasteiger partial charge < -0.3 is 4.57 Å². The Hall–Kier alpha value is -7.50. The van der Waals surface area contributed by atoms with Crippen LogP contribution in [0.5, 0.6) is 0 Å². The number of fused-ring (bicyclic) bond motifs is 3. The fourth-order valence-corrected chi connectivity index (χ4v) is 7.49. The smallest absolute Gasteiger partial charge is 0.164 e. The van der Waals surface area contributed by atoms with Gasteiger partial charge in [0.1, 0.15) is 0 Å². The van der Waals surface area contributed by atoms with Crippen LogP contribution in [0.3, 0.4) is 0 Å². The maximum Gasteiger partial charge on any atom is 0.164 e. The maximum atomic E-state index is 5.09. The van der Waals surface area contributed by atoms with Gasteiger partial charge in [-0.25, -0.2) is 15.0 Å². The van der Waals surface area contributed by atoms with Crippen LogP contribution < -0.4 is 0 Å². The molecule has 0 unspecified atom stereocenters. The molecule has 258 valence electrons. The average molecular weight is 704 g/mol. The zero-order chi connectivity index (χ0) is 36.6. The van der Waals surface area contributed by atoms with E-state index in [0.717, 1.165) is 44.6 Å². The van der Waals surface area contributed by atoms with Crippen LogP contribution >= 0.6 is 0 Å². The van der Waals surface area contributed by atoms with Crippen LogP contribution in [0.1, 0.15) is 0 Å². The van der Waals surface area contributed by atoms with Gasteiger partial charge in [0.05, 0.1) is 11.0 Å². The Balaban J connectivity index is 1.08. The summed E-state index contributed by atoms with van der Waals surface area (Å²) in [6.45, 7) is 0. The lowest BCUT2D eigenvalue weighted by atomic mass is 9.98. The summed E-state index contributed by atoms with van der Waals surface area (Å²) in [7, 11) is 0. The van der Waals surface area contributed by atoms with E-state index in [1.807, 2.05) is 24.4 Å². The number of pyridine rings is 1. The predicted octanol–water partition coefficient (Wildman–Crippen LogP) is 12.4. The molecule has 3 aromatic heterocycles. The van der Waals surface area contributed by atoms with Crippen molar-refractivity contribution in [2.24, 2.45) is 0 Å². The number of aromatic nitrogens is 5. The van der Waals surface area contributed by atoms with Crippen molar-refractivity contribution in [3.8, 4) is 73.2 Å². The van der Waals surface area contributed by atoms with E-state index in [9.17, 15) is 0 Å². The van der Waals surface area contributed by atoms with Gasteiger partial charge >= 0.3 is 0 Å². The van der Waals surface area contributed by atoms with E-state index in [0.29, 0.717) is 17.5 Å². The number of hydrogen-bond acceptors (Lipinski definition) is 4. The number of nitrogens with zero attached hydrogens (tertiary/aromatic N) is 5. The first-order chi connectivity index (χ1) is 27.3. The molecule has 10 aromatic rings. The molecular weight excluding hydrogens is 671 g/mol. The van der Waals surface area contributed by atoms with Crippen molar-refractivity contribution in [2.75, 3.05) is 0 Å². The third-order valence-electron chi connectivity index (χ3n) is 10.2. The summed E-state index contributed by atoms with van der Waals surface area (Å²) >= 11 is 0. The molecule has 10 rings (SSSR count). The van der Waals surface area contributed by atoms with E-state index in [4.69, 9.17) is 15.0 Å². The van der Waals surface area contributed by atoms with E-state index in [1.54, 1.807) is 6.20 Å². The van der Waals surface area contributed by atoms with Gasteiger partial charge in [-0.15, -0.1) is 0 Å². The van der Waals surface area contributed by atoms with Gasteiger partial charge in [0.25, 0.3) is 0 Å². The molecule has 7 aromatic carbocycles. The molecule has 0 spiro atoms. The molecule has 0 fully saturated rings. The number of hydrogen-bond donors (Lipinski definition) is 0. The molecule has 0 amide bonds. The molecule has 0 bridgehead atoms. The molecule has 5 nitrogen and oxygen atoms in total. The van der Waals surface area contributed by atoms with Gasteiger partial charge in [0, 0.05) is 51.1 Å². The largest absolute Gasteiger partial charge is 0.309 e. The van der Waals surface area contributed by atoms with Crippen molar-refractivity contribution in [1.29, 1.82) is 0 Å². The van der Waals surface area contributed by atoms with Crippen molar-refractivity contribution in [3.63, 3.8) is 0 Å². The van der Waals surface area contributed by atoms with Gasteiger partial charge in [-0.05, 0) is 64.2 Å². The number of para-hydroxylation sites is 2. The van der Waals surface area contributed by atoms with Crippen LogP contribution in [0, 0.1) is 0 Å². The average Bonchev–Trinajstić information content (AvgIpc) is 3.62. The second-order valence-electron chi connectivity index (χ2n) is 13.5. The van der Waals surface area contributed by atoms with Gasteiger partial charge in [-0.3, -0.25) is 4.98 Å². The fourth-order valence-electron chi connectivity index (χ4n) is 7.49. The van der Waals surface area contributed by atoms with Crippen molar-refractivity contribution in [3.05, 3.63) is 200 Å². The minimum Gasteiger partial charge on any atom is -0.309 e. The summed E-state index contributed by atoms with van der Waals surface area (Å²) in [5, 5.41) is 2.45. The van der Waals surface area contributed by atoms with E-state index >= 15 is 0 Å². The first kappa shape index (κ1) is 32.2. The Morgan fingerprint density at radius 2 is 0.873 bits per heavy atom. The predicted molar refractivity (Wildman–Crippen MR) is 225 cm³/mol. The summed E-state index contributed by atoms with van der Waals surface area (Å²) < 4.78 is 2.35. The van der Waals surface area contributed by atoms with Crippen LogP contribution in [0.4, 0.5) is 0 Å². The van der Waals surface area contributed by atoms with Crippen LogP contribution in [0.15, 0.2) is 200 Å². The molecular formula is C50H33N5. The molecule has 0 saturated heterocycles. The van der Waals surface area contributed by atoms with E-state index in [-0.39, 0.29) is 0 Å². The second kappa shape index (κ2) is 13.8. The first-order valence-corrected chi connectivity index (χ1v) is 18.4. The molecule has 3 heterocycles. The molecule has 0 radical (unpaired) electrons. The van der Waals surface area contributed by atoms with Crippen LogP contribution in [-0.4, -0.2) is 24.5 Å². The lowest BCUT2D eigenvalue weighted by Gasteiger charge is -2.11. The zero-order valence-corrected chi connectivity index (χ0v) is 29.8. The van der Waals surface area contributed by atoms with Gasteiger partial charge in [0.2, 0.25) is 0 Å². The summed E-state index contributed by atoms with van der Waals surface area (Å²) in [4.78, 5) is 19.6. The van der Waals surface area contributed by atoms with E-state index < -0.39 is 0 Å². The normalized spacial score (nSPS) is 11.3. The molecule has 55 heavy (non-hydrogen) atoms. The third-order valence-corrected chi connectivity index (χ3v) is 10.2. The minimum atomic E-state index is 0.612. The van der Waals surface area contributed by atoms with Crippen molar-refractivity contribution < 1.29 is 0 Å². The minimum absolute atomic E-state index is 0.612. The number of rotatable bonds is 7. The van der Waals surface area contributed by atoms with Gasteiger partial charge in [0.15, 0.2) is 17.5 Å². The highest BCUT2D eigenvalue weighted by Gasteiger charge is 2.17. The Labute approximate surface area is 318 Å². The molecule has 0 aliphatic carbocycles. The highest BCUT2D eigenvalue weighted by molar-refractivity contribution is 6.15. The quantitative estimate of drug-likeness (QED) is 0.166. The highest BCUT2D eigenvalue weighted by atomic mass is 15.0. The Bertz CT molecular complexity index is 2940. The molecule has 0 N–H and O–H groups in total. The van der Waals surface area contributed by atoms with Crippen LogP contribution in [-0.2, 0) is 0 Å². The lowest BCUT2D eigenvalue weighted by molar-refractivity contribution is 1.07. The van der Waals surface area contributed by atoms with Crippen molar-refractivity contribution in [2.45, 2.75) is 0 Å². The standard InChI is InChI=1S/C50H33N5/c1-3-12-34(13-4-1)35-23-27-37(28-24-35)48-52-49(54-50(53-48)40-15-9-14-39(32-40)41-16-11-31-51-33-41)38-29-25-36(26-30-38)43-20-10-22-46-47(43)44-19-7-8-21-45(44)55(46)42-17-5-2-6-18-42/h1-33H.